The number of rotatable bonds is 5. The number of nitrogens with zero attached hydrogens (tertiary/aromatic N) is 3. The monoisotopic (exact) mass is 438 g/mol. The third-order valence-corrected chi connectivity index (χ3v) is 5.60. The average Bonchev–Trinajstić information content (AvgIpc) is 3.43. The molecule has 31 heavy (non-hydrogen) atoms. The average molecular weight is 439 g/mol. The lowest BCUT2D eigenvalue weighted by molar-refractivity contribution is -0.119. The molecule has 3 aromatic rings. The quantitative estimate of drug-likeness (QED) is 0.651. The first-order chi connectivity index (χ1) is 15.0. The Morgan fingerprint density at radius 1 is 1.19 bits per heavy atom. The smallest absolute Gasteiger partial charge is 0.254 e. The minimum Gasteiger partial charge on any atom is -0.495 e. The predicted octanol–water partition coefficient (Wildman–Crippen LogP) is 4.09. The second kappa shape index (κ2) is 8.81. The van der Waals surface area contributed by atoms with Crippen LogP contribution >= 0.6 is 11.6 Å². The highest BCUT2D eigenvalue weighted by Gasteiger charge is 2.34. The predicted molar refractivity (Wildman–Crippen MR) is 119 cm³/mol. The zero-order valence-electron chi connectivity index (χ0n) is 17.3. The van der Waals surface area contributed by atoms with E-state index < -0.39 is 6.04 Å². The topological polar surface area (TPSA) is 76.5 Å². The Morgan fingerprint density at radius 3 is 2.65 bits per heavy atom. The largest absolute Gasteiger partial charge is 0.495 e. The minimum absolute atomic E-state index is 0.194. The molecule has 1 aliphatic rings. The van der Waals surface area contributed by atoms with Crippen molar-refractivity contribution in [3.05, 3.63) is 71.3 Å². The fraction of sp³-hybridized carbons (Fsp3) is 0.261. The highest BCUT2D eigenvalue weighted by Crippen LogP contribution is 2.28. The van der Waals surface area contributed by atoms with Crippen LogP contribution in [0.1, 0.15) is 28.9 Å². The van der Waals surface area contributed by atoms with Crippen LogP contribution in [0.2, 0.25) is 5.02 Å². The molecule has 4 rings (SSSR count). The number of imidazole rings is 1. The van der Waals surface area contributed by atoms with E-state index in [0.29, 0.717) is 35.0 Å². The van der Waals surface area contributed by atoms with Crippen molar-refractivity contribution in [1.29, 1.82) is 0 Å². The standard InChI is InChI=1S/C23H23ClN4O3/c1-15-13-27(14-25-15)19-10-5-16(12-21(19)31-2)23(30)28-11-3-4-20(28)22(29)26-18-8-6-17(24)7-9-18/h5-10,12-14,20H,3-4,11H2,1-2H3,(H,26,29). The van der Waals surface area contributed by atoms with Gasteiger partial charge in [-0.2, -0.15) is 0 Å². The van der Waals surface area contributed by atoms with Crippen LogP contribution in [0.15, 0.2) is 55.0 Å². The molecule has 160 valence electrons. The van der Waals surface area contributed by atoms with Crippen LogP contribution in [0.25, 0.3) is 5.69 Å². The van der Waals surface area contributed by atoms with Crippen LogP contribution in [-0.2, 0) is 4.79 Å². The number of nitrogens with one attached hydrogen (secondary N) is 1. The fourth-order valence-corrected chi connectivity index (χ4v) is 3.91. The molecule has 1 aliphatic heterocycles. The molecule has 2 aromatic carbocycles. The van der Waals surface area contributed by atoms with E-state index in [4.69, 9.17) is 16.3 Å². The van der Waals surface area contributed by atoms with Gasteiger partial charge >= 0.3 is 0 Å². The van der Waals surface area contributed by atoms with Gasteiger partial charge in [0.25, 0.3) is 5.91 Å². The molecule has 7 nitrogen and oxygen atoms in total. The summed E-state index contributed by atoms with van der Waals surface area (Å²) in [6, 6.07) is 11.7. The van der Waals surface area contributed by atoms with Gasteiger partial charge in [0, 0.05) is 29.0 Å². The van der Waals surface area contributed by atoms with Crippen LogP contribution in [0, 0.1) is 6.92 Å². The molecule has 1 atom stereocenters. The first kappa shape index (κ1) is 20.9. The number of aryl methyl sites for hydroxylation is 1. The molecule has 2 amide bonds. The number of halogens is 1. The third-order valence-electron chi connectivity index (χ3n) is 5.34. The molecule has 0 bridgehead atoms. The summed E-state index contributed by atoms with van der Waals surface area (Å²) in [6.45, 7) is 2.44. The van der Waals surface area contributed by atoms with Crippen molar-refractivity contribution >= 4 is 29.1 Å². The summed E-state index contributed by atoms with van der Waals surface area (Å²) in [7, 11) is 1.56. The molecule has 0 saturated carbocycles. The maximum Gasteiger partial charge on any atom is 0.254 e. The molecule has 1 N–H and O–H groups in total. The van der Waals surface area contributed by atoms with E-state index in [1.165, 1.54) is 0 Å². The molecule has 1 fully saturated rings. The lowest BCUT2D eigenvalue weighted by Crippen LogP contribution is -2.43. The third kappa shape index (κ3) is 4.41. The second-order valence-corrected chi connectivity index (χ2v) is 7.90. The van der Waals surface area contributed by atoms with Crippen LogP contribution in [-0.4, -0.2) is 46.0 Å². The highest BCUT2D eigenvalue weighted by atomic mass is 35.5. The van der Waals surface area contributed by atoms with E-state index in [9.17, 15) is 9.59 Å². The molecular weight excluding hydrogens is 416 g/mol. The molecular formula is C23H23ClN4O3. The van der Waals surface area contributed by atoms with Crippen molar-refractivity contribution in [2.45, 2.75) is 25.8 Å². The summed E-state index contributed by atoms with van der Waals surface area (Å²) in [5.74, 6) is 0.163. The number of benzene rings is 2. The first-order valence-electron chi connectivity index (χ1n) is 10.0. The molecule has 0 aliphatic carbocycles. The van der Waals surface area contributed by atoms with Gasteiger partial charge in [-0.3, -0.25) is 9.59 Å². The molecule has 0 radical (unpaired) electrons. The Balaban J connectivity index is 1.53. The Morgan fingerprint density at radius 2 is 1.97 bits per heavy atom. The number of anilines is 1. The van der Waals surface area contributed by atoms with E-state index in [1.807, 2.05) is 23.8 Å². The van der Waals surface area contributed by atoms with Crippen molar-refractivity contribution in [1.82, 2.24) is 14.5 Å². The van der Waals surface area contributed by atoms with Gasteiger partial charge in [-0.25, -0.2) is 4.98 Å². The molecule has 1 unspecified atom stereocenters. The molecule has 2 heterocycles. The number of carbonyl (C=O) groups is 2. The zero-order chi connectivity index (χ0) is 22.0. The number of methoxy groups -OCH3 is 1. The molecule has 8 heteroatoms. The minimum atomic E-state index is -0.523. The number of aromatic nitrogens is 2. The van der Waals surface area contributed by atoms with E-state index in [0.717, 1.165) is 17.8 Å². The van der Waals surface area contributed by atoms with Gasteiger partial charge in [0.15, 0.2) is 0 Å². The summed E-state index contributed by atoms with van der Waals surface area (Å²) in [6.07, 6.45) is 4.98. The number of hydrogen-bond donors (Lipinski definition) is 1. The Labute approximate surface area is 185 Å². The van der Waals surface area contributed by atoms with Gasteiger partial charge in [0.1, 0.15) is 11.8 Å². The van der Waals surface area contributed by atoms with Gasteiger partial charge in [-0.05, 0) is 62.2 Å². The van der Waals surface area contributed by atoms with Gasteiger partial charge in [0.05, 0.1) is 24.8 Å². The summed E-state index contributed by atoms with van der Waals surface area (Å²) in [5.41, 5.74) is 2.80. The number of amides is 2. The van der Waals surface area contributed by atoms with Crippen LogP contribution in [0.5, 0.6) is 5.75 Å². The molecule has 1 saturated heterocycles. The molecule has 0 spiro atoms. The SMILES string of the molecule is COc1cc(C(=O)N2CCCC2C(=O)Nc2ccc(Cl)cc2)ccc1-n1cnc(C)c1. The van der Waals surface area contributed by atoms with E-state index in [-0.39, 0.29) is 11.8 Å². The lowest BCUT2D eigenvalue weighted by Gasteiger charge is -2.24. The Kier molecular flexibility index (Phi) is 5.95. The highest BCUT2D eigenvalue weighted by molar-refractivity contribution is 6.30. The van der Waals surface area contributed by atoms with Gasteiger partial charge < -0.3 is 19.5 Å². The van der Waals surface area contributed by atoms with Gasteiger partial charge in [0.2, 0.25) is 5.91 Å². The summed E-state index contributed by atoms with van der Waals surface area (Å²) in [4.78, 5) is 31.9. The van der Waals surface area contributed by atoms with Crippen molar-refractivity contribution in [2.24, 2.45) is 0 Å². The maximum absolute atomic E-state index is 13.2. The number of hydrogen-bond acceptors (Lipinski definition) is 4. The first-order valence-corrected chi connectivity index (χ1v) is 10.4. The molecule has 1 aromatic heterocycles. The summed E-state index contributed by atoms with van der Waals surface area (Å²) >= 11 is 5.90. The zero-order valence-corrected chi connectivity index (χ0v) is 18.1. The van der Waals surface area contributed by atoms with Gasteiger partial charge in [-0.1, -0.05) is 11.6 Å². The van der Waals surface area contributed by atoms with E-state index >= 15 is 0 Å². The lowest BCUT2D eigenvalue weighted by atomic mass is 10.1. The van der Waals surface area contributed by atoms with Crippen molar-refractivity contribution in [3.63, 3.8) is 0 Å². The normalized spacial score (nSPS) is 15.7. The Hall–Kier alpha value is -3.32. The summed E-state index contributed by atoms with van der Waals surface area (Å²) < 4.78 is 7.36. The number of ether oxygens (including phenoxy) is 1. The van der Waals surface area contributed by atoms with Crippen LogP contribution < -0.4 is 10.1 Å². The van der Waals surface area contributed by atoms with Crippen molar-refractivity contribution in [3.8, 4) is 11.4 Å². The van der Waals surface area contributed by atoms with E-state index in [1.54, 1.807) is 54.7 Å². The van der Waals surface area contributed by atoms with Crippen LogP contribution in [0.3, 0.4) is 0 Å². The van der Waals surface area contributed by atoms with Gasteiger partial charge in [-0.15, -0.1) is 0 Å². The summed E-state index contributed by atoms with van der Waals surface area (Å²) in [5, 5.41) is 3.47. The van der Waals surface area contributed by atoms with Crippen molar-refractivity contribution < 1.29 is 14.3 Å². The van der Waals surface area contributed by atoms with Crippen molar-refractivity contribution in [2.75, 3.05) is 19.0 Å². The second-order valence-electron chi connectivity index (χ2n) is 7.46. The maximum atomic E-state index is 13.2. The Bertz CT molecular complexity index is 1110. The fourth-order valence-electron chi connectivity index (χ4n) is 3.78. The number of carbonyl (C=O) groups excluding carboxylic acids is 2. The van der Waals surface area contributed by atoms with Crippen LogP contribution in [0.4, 0.5) is 5.69 Å². The number of likely N-dealkylation sites (tertiary alicyclic amines) is 1. The van der Waals surface area contributed by atoms with E-state index in [2.05, 4.69) is 10.3 Å².